The summed E-state index contributed by atoms with van der Waals surface area (Å²) in [4.78, 5) is 23.0. The number of rotatable bonds is 7. The number of nitrogens with one attached hydrogen (secondary N) is 1. The van der Waals surface area contributed by atoms with Crippen LogP contribution in [0.25, 0.3) is 0 Å². The molecule has 0 saturated carbocycles. The minimum atomic E-state index is -0.877. The largest absolute Gasteiger partial charge is 0.481 e. The molecule has 1 aromatic rings. The maximum absolute atomic E-state index is 11.8. The van der Waals surface area contributed by atoms with E-state index in [1.54, 1.807) is 27.8 Å². The van der Waals surface area contributed by atoms with E-state index in [9.17, 15) is 14.7 Å². The summed E-state index contributed by atoms with van der Waals surface area (Å²) in [7, 11) is 1.81. The van der Waals surface area contributed by atoms with E-state index in [2.05, 4.69) is 5.32 Å². The van der Waals surface area contributed by atoms with E-state index in [1.807, 2.05) is 20.8 Å². The van der Waals surface area contributed by atoms with Crippen molar-refractivity contribution in [1.82, 2.24) is 0 Å². The van der Waals surface area contributed by atoms with E-state index in [4.69, 9.17) is 9.47 Å². The summed E-state index contributed by atoms with van der Waals surface area (Å²) in [5, 5.41) is 12.3. The van der Waals surface area contributed by atoms with Gasteiger partial charge in [0.2, 0.25) is 0 Å². The molecule has 0 atom stereocenters. The molecule has 0 amide bonds. The van der Waals surface area contributed by atoms with Gasteiger partial charge < -0.3 is 19.9 Å². The molecule has 0 aliphatic rings. The fourth-order valence-electron chi connectivity index (χ4n) is 2.94. The molecule has 0 aliphatic carbocycles. The van der Waals surface area contributed by atoms with Gasteiger partial charge in [-0.1, -0.05) is 0 Å². The molecule has 0 fully saturated rings. The Morgan fingerprint density at radius 1 is 1.04 bits per heavy atom. The SMILES string of the molecule is CNc1c(C)c(COCC(=O)OC(C)(C)C)c(C)c(CC(=O)O)c1C. The number of carbonyl (C=O) groups excluding carboxylic acids is 1. The number of ether oxygens (including phenoxy) is 2. The first-order chi connectivity index (χ1) is 11.5. The molecule has 0 heterocycles. The summed E-state index contributed by atoms with van der Waals surface area (Å²) in [6, 6.07) is 0. The number of esters is 1. The van der Waals surface area contributed by atoms with E-state index in [0.29, 0.717) is 0 Å². The molecule has 0 aromatic heterocycles. The number of anilines is 1. The lowest BCUT2D eigenvalue weighted by Gasteiger charge is -2.22. The summed E-state index contributed by atoms with van der Waals surface area (Å²) in [5.41, 5.74) is 4.84. The van der Waals surface area contributed by atoms with Crippen LogP contribution in [-0.2, 0) is 32.1 Å². The van der Waals surface area contributed by atoms with Gasteiger partial charge in [0.05, 0.1) is 13.0 Å². The third kappa shape index (κ3) is 5.74. The summed E-state index contributed by atoms with van der Waals surface area (Å²) in [6.07, 6.45) is -0.0499. The molecule has 0 spiro atoms. The Morgan fingerprint density at radius 3 is 2.08 bits per heavy atom. The van der Waals surface area contributed by atoms with Crippen molar-refractivity contribution in [3.8, 4) is 0 Å². The van der Waals surface area contributed by atoms with Gasteiger partial charge in [-0.15, -0.1) is 0 Å². The first kappa shape index (κ1) is 21.0. The van der Waals surface area contributed by atoms with Crippen molar-refractivity contribution in [3.63, 3.8) is 0 Å². The molecule has 2 N–H and O–H groups in total. The van der Waals surface area contributed by atoms with Crippen LogP contribution < -0.4 is 5.32 Å². The van der Waals surface area contributed by atoms with Crippen LogP contribution in [-0.4, -0.2) is 36.3 Å². The molecule has 1 aromatic carbocycles. The Morgan fingerprint density at radius 2 is 1.60 bits per heavy atom. The van der Waals surface area contributed by atoms with Gasteiger partial charge in [-0.05, 0) is 69.4 Å². The number of hydrogen-bond donors (Lipinski definition) is 2. The van der Waals surface area contributed by atoms with Gasteiger partial charge in [-0.3, -0.25) is 4.79 Å². The second kappa shape index (κ2) is 8.34. The first-order valence-electron chi connectivity index (χ1n) is 8.28. The minimum absolute atomic E-state index is 0.0499. The summed E-state index contributed by atoms with van der Waals surface area (Å²) in [5.74, 6) is -1.30. The van der Waals surface area contributed by atoms with Crippen molar-refractivity contribution < 1.29 is 24.2 Å². The molecule has 0 unspecified atom stereocenters. The molecule has 1 rings (SSSR count). The fraction of sp³-hybridized carbons (Fsp3) is 0.579. The molecular weight excluding hydrogens is 322 g/mol. The number of benzene rings is 1. The number of carbonyl (C=O) groups is 2. The lowest BCUT2D eigenvalue weighted by Crippen LogP contribution is -2.26. The van der Waals surface area contributed by atoms with Crippen molar-refractivity contribution in [3.05, 3.63) is 27.8 Å². The molecular formula is C19H29NO5. The van der Waals surface area contributed by atoms with Crippen LogP contribution in [0.3, 0.4) is 0 Å². The average Bonchev–Trinajstić information content (AvgIpc) is 2.45. The standard InChI is InChI=1S/C19H29NO5/c1-11-14(8-16(21)22)12(2)18(20-7)13(3)15(11)9-24-10-17(23)25-19(4,5)6/h20H,8-10H2,1-7H3,(H,21,22). The van der Waals surface area contributed by atoms with Gasteiger partial charge in [0, 0.05) is 12.7 Å². The average molecular weight is 351 g/mol. The van der Waals surface area contributed by atoms with Gasteiger partial charge in [-0.25, -0.2) is 4.79 Å². The number of aliphatic carboxylic acids is 1. The van der Waals surface area contributed by atoms with Crippen LogP contribution in [0.1, 0.15) is 48.6 Å². The zero-order valence-corrected chi connectivity index (χ0v) is 16.2. The second-order valence-corrected chi connectivity index (χ2v) is 7.11. The maximum atomic E-state index is 11.8. The molecule has 0 aliphatic heterocycles. The van der Waals surface area contributed by atoms with Crippen molar-refractivity contribution in [1.29, 1.82) is 0 Å². The van der Waals surface area contributed by atoms with Crippen LogP contribution in [0.2, 0.25) is 0 Å². The van der Waals surface area contributed by atoms with Crippen LogP contribution >= 0.6 is 0 Å². The van der Waals surface area contributed by atoms with Gasteiger partial charge in [-0.2, -0.15) is 0 Å². The highest BCUT2D eigenvalue weighted by Gasteiger charge is 2.20. The topological polar surface area (TPSA) is 84.9 Å². The summed E-state index contributed by atoms with van der Waals surface area (Å²) in [6.45, 7) is 11.2. The minimum Gasteiger partial charge on any atom is -0.481 e. The Labute approximate surface area is 149 Å². The van der Waals surface area contributed by atoms with Crippen LogP contribution in [0.15, 0.2) is 0 Å². The van der Waals surface area contributed by atoms with E-state index in [1.165, 1.54) is 0 Å². The Bertz CT molecular complexity index is 659. The quantitative estimate of drug-likeness (QED) is 0.734. The maximum Gasteiger partial charge on any atom is 0.332 e. The second-order valence-electron chi connectivity index (χ2n) is 7.11. The molecule has 0 bridgehead atoms. The lowest BCUT2D eigenvalue weighted by molar-refractivity contribution is -0.160. The number of carboxylic acids is 1. The zero-order chi connectivity index (χ0) is 19.4. The van der Waals surface area contributed by atoms with Crippen molar-refractivity contribution >= 4 is 17.6 Å². The van der Waals surface area contributed by atoms with Crippen molar-refractivity contribution in [2.24, 2.45) is 0 Å². The number of hydrogen-bond acceptors (Lipinski definition) is 5. The normalized spacial score (nSPS) is 11.3. The van der Waals surface area contributed by atoms with Crippen LogP contribution in [0.4, 0.5) is 5.69 Å². The predicted molar refractivity (Wildman–Crippen MR) is 97.0 cm³/mol. The van der Waals surface area contributed by atoms with E-state index >= 15 is 0 Å². The zero-order valence-electron chi connectivity index (χ0n) is 16.2. The Hall–Kier alpha value is -2.08. The van der Waals surface area contributed by atoms with E-state index in [-0.39, 0.29) is 19.6 Å². The summed E-state index contributed by atoms with van der Waals surface area (Å²) < 4.78 is 10.8. The highest BCUT2D eigenvalue weighted by atomic mass is 16.6. The van der Waals surface area contributed by atoms with Gasteiger partial charge in [0.25, 0.3) is 0 Å². The van der Waals surface area contributed by atoms with Crippen LogP contribution in [0.5, 0.6) is 0 Å². The van der Waals surface area contributed by atoms with Gasteiger partial charge >= 0.3 is 11.9 Å². The highest BCUT2D eigenvalue weighted by Crippen LogP contribution is 2.32. The van der Waals surface area contributed by atoms with Crippen LogP contribution in [0, 0.1) is 20.8 Å². The van der Waals surface area contributed by atoms with Crippen molar-refractivity contribution in [2.75, 3.05) is 19.0 Å². The Balaban J connectivity index is 3.02. The molecule has 6 heteroatoms. The van der Waals surface area contributed by atoms with Crippen molar-refractivity contribution in [2.45, 2.75) is 60.2 Å². The number of carboxylic acid groups (broad SMARTS) is 1. The fourth-order valence-corrected chi connectivity index (χ4v) is 2.94. The van der Waals surface area contributed by atoms with E-state index in [0.717, 1.165) is 33.5 Å². The molecule has 6 nitrogen and oxygen atoms in total. The Kier molecular flexibility index (Phi) is 6.99. The summed E-state index contributed by atoms with van der Waals surface area (Å²) >= 11 is 0. The molecule has 25 heavy (non-hydrogen) atoms. The van der Waals surface area contributed by atoms with Gasteiger partial charge in [0.15, 0.2) is 0 Å². The molecule has 0 radical (unpaired) electrons. The highest BCUT2D eigenvalue weighted by molar-refractivity contribution is 5.75. The van der Waals surface area contributed by atoms with E-state index < -0.39 is 17.5 Å². The lowest BCUT2D eigenvalue weighted by atomic mass is 9.90. The van der Waals surface area contributed by atoms with Gasteiger partial charge in [0.1, 0.15) is 12.2 Å². The molecule has 140 valence electrons. The third-order valence-electron chi connectivity index (χ3n) is 4.02. The smallest absolute Gasteiger partial charge is 0.332 e. The molecule has 0 saturated heterocycles. The monoisotopic (exact) mass is 351 g/mol. The predicted octanol–water partition coefficient (Wildman–Crippen LogP) is 3.14. The first-order valence-corrected chi connectivity index (χ1v) is 8.28. The third-order valence-corrected chi connectivity index (χ3v) is 4.02.